The number of hydrogen-bond donors (Lipinski definition) is 6. The lowest BCUT2D eigenvalue weighted by atomic mass is 9.97. The summed E-state index contributed by atoms with van der Waals surface area (Å²) in [6.07, 6.45) is 2.14. The molecule has 0 aliphatic heterocycles. The number of H-pyrrole nitrogens is 1. The number of amides is 4. The summed E-state index contributed by atoms with van der Waals surface area (Å²) in [5.41, 5.74) is 1.62. The molecule has 0 aliphatic rings. The molecule has 1 aromatic carbocycles. The number of aromatic amines is 1. The summed E-state index contributed by atoms with van der Waals surface area (Å²) in [7, 11) is 0. The molecule has 4 amide bonds. The third-order valence-corrected chi connectivity index (χ3v) is 5.48. The summed E-state index contributed by atoms with van der Waals surface area (Å²) in [6.45, 7) is 10.2. The van der Waals surface area contributed by atoms with Gasteiger partial charge in [0.05, 0.1) is 6.42 Å². The lowest BCUT2D eigenvalue weighted by Gasteiger charge is -2.25. The number of urea groups is 1. The number of carbonyl (C=O) groups is 4. The van der Waals surface area contributed by atoms with Crippen molar-refractivity contribution in [2.24, 2.45) is 11.3 Å². The Bertz CT molecular complexity index is 1060. The van der Waals surface area contributed by atoms with Crippen molar-refractivity contribution in [1.29, 1.82) is 0 Å². The number of para-hydroxylation sites is 1. The summed E-state index contributed by atoms with van der Waals surface area (Å²) in [6, 6.07) is 5.36. The molecule has 0 saturated heterocycles. The van der Waals surface area contributed by atoms with Crippen LogP contribution in [0.3, 0.4) is 0 Å². The fraction of sp³-hybridized carbons (Fsp3) is 0.538. The van der Waals surface area contributed by atoms with Crippen LogP contribution < -0.4 is 21.3 Å². The van der Waals surface area contributed by atoms with Crippen LogP contribution in [0.4, 0.5) is 4.79 Å². The van der Waals surface area contributed by atoms with Crippen molar-refractivity contribution in [3.8, 4) is 0 Å². The highest BCUT2D eigenvalue weighted by atomic mass is 16.4. The molecule has 10 heteroatoms. The van der Waals surface area contributed by atoms with E-state index in [2.05, 4.69) is 26.3 Å². The first-order valence-electron chi connectivity index (χ1n) is 12.2. The van der Waals surface area contributed by atoms with Gasteiger partial charge in [0.1, 0.15) is 12.1 Å². The highest BCUT2D eigenvalue weighted by molar-refractivity contribution is 5.93. The largest absolute Gasteiger partial charge is 0.481 e. The molecular weight excluding hydrogens is 462 g/mol. The average molecular weight is 502 g/mol. The Morgan fingerprint density at radius 1 is 0.972 bits per heavy atom. The van der Waals surface area contributed by atoms with E-state index in [1.54, 1.807) is 6.20 Å². The van der Waals surface area contributed by atoms with E-state index in [9.17, 15) is 19.2 Å². The maximum Gasteiger partial charge on any atom is 0.315 e. The van der Waals surface area contributed by atoms with Gasteiger partial charge < -0.3 is 31.4 Å². The Morgan fingerprint density at radius 2 is 1.67 bits per heavy atom. The molecule has 0 spiro atoms. The quantitative estimate of drug-likeness (QED) is 0.264. The van der Waals surface area contributed by atoms with Crippen LogP contribution in [0.1, 0.15) is 53.0 Å². The zero-order chi connectivity index (χ0) is 26.9. The first kappa shape index (κ1) is 28.7. The minimum absolute atomic E-state index is 0.0582. The molecule has 0 unspecified atom stereocenters. The van der Waals surface area contributed by atoms with Crippen LogP contribution in [-0.4, -0.2) is 59.1 Å². The monoisotopic (exact) mass is 501 g/mol. The molecule has 0 bridgehead atoms. The molecule has 198 valence electrons. The topological polar surface area (TPSA) is 152 Å². The van der Waals surface area contributed by atoms with Gasteiger partial charge >= 0.3 is 12.0 Å². The van der Waals surface area contributed by atoms with Crippen molar-refractivity contribution in [2.45, 2.75) is 66.0 Å². The smallest absolute Gasteiger partial charge is 0.315 e. The van der Waals surface area contributed by atoms with E-state index in [1.165, 1.54) is 0 Å². The van der Waals surface area contributed by atoms with Gasteiger partial charge in [0.2, 0.25) is 11.8 Å². The van der Waals surface area contributed by atoms with Gasteiger partial charge in [0.25, 0.3) is 0 Å². The van der Waals surface area contributed by atoms with E-state index in [0.29, 0.717) is 13.0 Å². The van der Waals surface area contributed by atoms with Crippen molar-refractivity contribution in [3.63, 3.8) is 0 Å². The number of nitrogens with one attached hydrogen (secondary N) is 5. The number of aliphatic carboxylic acids is 1. The first-order valence-corrected chi connectivity index (χ1v) is 12.2. The Labute approximate surface area is 212 Å². The Hall–Kier alpha value is -3.56. The number of carboxylic acid groups (broad SMARTS) is 1. The number of carbonyl (C=O) groups excluding carboxylic acids is 3. The van der Waals surface area contributed by atoms with Crippen LogP contribution in [0.15, 0.2) is 30.5 Å². The highest BCUT2D eigenvalue weighted by Gasteiger charge is 2.28. The van der Waals surface area contributed by atoms with Gasteiger partial charge in [-0.2, -0.15) is 0 Å². The van der Waals surface area contributed by atoms with Crippen molar-refractivity contribution in [1.82, 2.24) is 26.3 Å². The van der Waals surface area contributed by atoms with Crippen molar-refractivity contribution in [3.05, 3.63) is 36.0 Å². The van der Waals surface area contributed by atoms with Crippen LogP contribution in [0.2, 0.25) is 0 Å². The predicted molar refractivity (Wildman–Crippen MR) is 138 cm³/mol. The molecule has 0 radical (unpaired) electrons. The van der Waals surface area contributed by atoms with E-state index in [1.807, 2.05) is 58.9 Å². The molecule has 0 aliphatic carbocycles. The molecule has 6 N–H and O–H groups in total. The Balaban J connectivity index is 2.19. The maximum atomic E-state index is 13.3. The SMILES string of the molecule is CC(C)C[C@H](NC(=O)NCC(C)(C)C)C(=O)N[C@H](Cc1c[nH]c2ccccc12)C(=O)NCCC(=O)O. The number of hydrogen-bond acceptors (Lipinski definition) is 4. The summed E-state index contributed by atoms with van der Waals surface area (Å²) >= 11 is 0. The van der Waals surface area contributed by atoms with E-state index in [0.717, 1.165) is 16.5 Å². The minimum atomic E-state index is -1.03. The standard InChI is InChI=1S/C26H39N5O5/c1-16(2)12-20(31-25(36)29-15-26(3,4)5)24(35)30-21(23(34)27-11-10-22(32)33)13-17-14-28-19-9-7-6-8-18(17)19/h6-9,14,16,20-21,28H,10-13,15H2,1-5H3,(H,27,34)(H,30,35)(H,32,33)(H2,29,31,36)/t20-,21+/m0/s1. The molecule has 2 aromatic rings. The maximum absolute atomic E-state index is 13.3. The zero-order valence-electron chi connectivity index (χ0n) is 21.7. The Morgan fingerprint density at radius 3 is 2.31 bits per heavy atom. The summed E-state index contributed by atoms with van der Waals surface area (Å²) < 4.78 is 0. The van der Waals surface area contributed by atoms with Crippen molar-refractivity contribution < 1.29 is 24.3 Å². The first-order chi connectivity index (χ1) is 16.9. The van der Waals surface area contributed by atoms with Gasteiger partial charge in [-0.15, -0.1) is 0 Å². The van der Waals surface area contributed by atoms with Crippen molar-refractivity contribution >= 4 is 34.7 Å². The number of carboxylic acids is 1. The van der Waals surface area contributed by atoms with Crippen LogP contribution in [0.5, 0.6) is 0 Å². The van der Waals surface area contributed by atoms with Gasteiger partial charge in [0, 0.05) is 36.6 Å². The third-order valence-electron chi connectivity index (χ3n) is 5.48. The number of benzene rings is 1. The second-order valence-corrected chi connectivity index (χ2v) is 10.6. The van der Waals surface area contributed by atoms with Crippen LogP contribution in [0, 0.1) is 11.3 Å². The highest BCUT2D eigenvalue weighted by Crippen LogP contribution is 2.19. The summed E-state index contributed by atoms with van der Waals surface area (Å²) in [4.78, 5) is 52.7. The van der Waals surface area contributed by atoms with Gasteiger partial charge in [-0.1, -0.05) is 52.8 Å². The number of fused-ring (bicyclic) bond motifs is 1. The molecule has 0 fully saturated rings. The predicted octanol–water partition coefficient (Wildman–Crippen LogP) is 2.55. The summed E-state index contributed by atoms with van der Waals surface area (Å²) in [5, 5.41) is 20.7. The van der Waals surface area contributed by atoms with E-state index < -0.39 is 35.9 Å². The Kier molecular flexibility index (Phi) is 10.3. The molecular formula is C26H39N5O5. The average Bonchev–Trinajstić information content (AvgIpc) is 3.18. The molecule has 36 heavy (non-hydrogen) atoms. The number of rotatable bonds is 12. The van der Waals surface area contributed by atoms with E-state index in [4.69, 9.17) is 5.11 Å². The van der Waals surface area contributed by atoms with E-state index in [-0.39, 0.29) is 30.7 Å². The van der Waals surface area contributed by atoms with Crippen molar-refractivity contribution in [2.75, 3.05) is 13.1 Å². The second-order valence-electron chi connectivity index (χ2n) is 10.6. The normalized spacial score (nSPS) is 13.2. The van der Waals surface area contributed by atoms with Gasteiger partial charge in [-0.3, -0.25) is 14.4 Å². The molecule has 2 rings (SSSR count). The minimum Gasteiger partial charge on any atom is -0.481 e. The fourth-order valence-corrected chi connectivity index (χ4v) is 3.68. The van der Waals surface area contributed by atoms with E-state index >= 15 is 0 Å². The number of aromatic nitrogens is 1. The third kappa shape index (κ3) is 9.59. The molecule has 0 saturated carbocycles. The second kappa shape index (κ2) is 12.9. The molecule has 1 heterocycles. The zero-order valence-corrected chi connectivity index (χ0v) is 21.7. The van der Waals surface area contributed by atoms with Gasteiger partial charge in [-0.25, -0.2) is 4.79 Å². The van der Waals surface area contributed by atoms with Gasteiger partial charge in [-0.05, 0) is 29.4 Å². The fourth-order valence-electron chi connectivity index (χ4n) is 3.68. The van der Waals surface area contributed by atoms with Crippen LogP contribution in [-0.2, 0) is 20.8 Å². The molecule has 2 atom stereocenters. The summed E-state index contributed by atoms with van der Waals surface area (Å²) in [5.74, 6) is -1.89. The van der Waals surface area contributed by atoms with Crippen LogP contribution in [0.25, 0.3) is 10.9 Å². The molecule has 10 nitrogen and oxygen atoms in total. The van der Waals surface area contributed by atoms with Gasteiger partial charge in [0.15, 0.2) is 0 Å². The lowest BCUT2D eigenvalue weighted by Crippen LogP contribution is -2.56. The molecule has 1 aromatic heterocycles. The van der Waals surface area contributed by atoms with Crippen LogP contribution >= 0.6 is 0 Å². The lowest BCUT2D eigenvalue weighted by molar-refractivity contribution is -0.137.